The number of ether oxygens (including phenoxy) is 3. The zero-order valence-corrected chi connectivity index (χ0v) is 23.0. The maximum atomic E-state index is 13.6. The first-order valence-electron chi connectivity index (χ1n) is 13.6. The van der Waals surface area contributed by atoms with Crippen LogP contribution in [0.4, 0.5) is 0 Å². The molecule has 2 aromatic rings. The van der Waals surface area contributed by atoms with E-state index in [9.17, 15) is 14.4 Å². The number of amides is 3. The van der Waals surface area contributed by atoms with E-state index < -0.39 is 11.8 Å². The zero-order valence-electron chi connectivity index (χ0n) is 22.2. The van der Waals surface area contributed by atoms with Crippen LogP contribution in [-0.2, 0) is 23.9 Å². The van der Waals surface area contributed by atoms with E-state index in [2.05, 4.69) is 10.6 Å². The average Bonchev–Trinajstić information content (AvgIpc) is 3.33. The molecule has 2 saturated heterocycles. The van der Waals surface area contributed by atoms with E-state index in [0.29, 0.717) is 37.7 Å². The summed E-state index contributed by atoms with van der Waals surface area (Å²) in [5.41, 5.74) is 6.27. The van der Waals surface area contributed by atoms with Crippen molar-refractivity contribution in [3.05, 3.63) is 52.2 Å². The molecular formula is C28H35N5O6S. The molecule has 0 radical (unpaired) electrons. The van der Waals surface area contributed by atoms with Gasteiger partial charge in [-0.05, 0) is 43.4 Å². The van der Waals surface area contributed by atoms with Crippen LogP contribution in [0.1, 0.15) is 48.6 Å². The van der Waals surface area contributed by atoms with E-state index in [1.807, 2.05) is 41.8 Å². The Morgan fingerprint density at radius 1 is 1.20 bits per heavy atom. The first kappa shape index (κ1) is 28.1. The normalized spacial score (nSPS) is 20.3. The van der Waals surface area contributed by atoms with Crippen LogP contribution in [0.25, 0.3) is 0 Å². The molecule has 11 nitrogen and oxygen atoms in total. The van der Waals surface area contributed by atoms with Gasteiger partial charge in [0.2, 0.25) is 17.7 Å². The fourth-order valence-electron chi connectivity index (χ4n) is 5.10. The van der Waals surface area contributed by atoms with Gasteiger partial charge < -0.3 is 35.5 Å². The summed E-state index contributed by atoms with van der Waals surface area (Å²) in [4.78, 5) is 41.6. The number of rotatable bonds is 12. The van der Waals surface area contributed by atoms with Crippen LogP contribution in [0.3, 0.4) is 0 Å². The maximum Gasteiger partial charge on any atom is 0.243 e. The predicted octanol–water partition coefficient (Wildman–Crippen LogP) is 1.92. The second-order valence-electron chi connectivity index (χ2n) is 10.4. The molecule has 214 valence electrons. The Balaban J connectivity index is 1.17. The molecule has 2 aliphatic heterocycles. The molecule has 3 fully saturated rings. The number of likely N-dealkylation sites (tertiary alicyclic amines) is 1. The van der Waals surface area contributed by atoms with Crippen molar-refractivity contribution >= 4 is 34.9 Å². The number of benzene rings is 1. The van der Waals surface area contributed by atoms with E-state index in [4.69, 9.17) is 25.4 Å². The van der Waals surface area contributed by atoms with Gasteiger partial charge >= 0.3 is 0 Å². The molecule has 3 aliphatic rings. The van der Waals surface area contributed by atoms with Crippen LogP contribution in [0, 0.1) is 11.3 Å². The number of para-hydroxylation sites is 1. The number of hydrogen-bond donors (Lipinski definition) is 4. The van der Waals surface area contributed by atoms with Crippen molar-refractivity contribution < 1.29 is 28.6 Å². The number of nitrogens with two attached hydrogens (primary N) is 1. The van der Waals surface area contributed by atoms with Crippen molar-refractivity contribution in [2.24, 2.45) is 11.7 Å². The Bertz CT molecular complexity index is 1230. The van der Waals surface area contributed by atoms with Gasteiger partial charge in [0.25, 0.3) is 0 Å². The van der Waals surface area contributed by atoms with Gasteiger partial charge in [0.1, 0.15) is 17.6 Å². The molecule has 1 aliphatic carbocycles. The highest BCUT2D eigenvalue weighted by atomic mass is 32.1. The van der Waals surface area contributed by atoms with Gasteiger partial charge in [-0.1, -0.05) is 18.2 Å². The lowest BCUT2D eigenvalue weighted by Crippen LogP contribution is -2.50. The topological polar surface area (TPSA) is 156 Å². The predicted molar refractivity (Wildman–Crippen MR) is 148 cm³/mol. The van der Waals surface area contributed by atoms with E-state index in [1.165, 1.54) is 16.2 Å². The lowest BCUT2D eigenvalue weighted by atomic mass is 10.1. The highest BCUT2D eigenvalue weighted by molar-refractivity contribution is 7.10. The van der Waals surface area contributed by atoms with Crippen molar-refractivity contribution in [3.63, 3.8) is 0 Å². The first-order valence-corrected chi connectivity index (χ1v) is 14.5. The SMILES string of the molecule is N=C(N)c1csc([C@@H](NC(=O)C2CC3(CN2C(=O)CNC(=O)CCCOc2ccccc2)OCCO3)C2CC2)c1. The maximum absolute atomic E-state index is 13.6. The van der Waals surface area contributed by atoms with Gasteiger partial charge in [-0.25, -0.2) is 0 Å². The summed E-state index contributed by atoms with van der Waals surface area (Å²) in [6, 6.07) is 10.2. The molecule has 12 heteroatoms. The average molecular weight is 570 g/mol. The molecule has 40 heavy (non-hydrogen) atoms. The Labute approximate surface area is 236 Å². The van der Waals surface area contributed by atoms with Crippen molar-refractivity contribution in [2.45, 2.75) is 50.0 Å². The second kappa shape index (κ2) is 12.4. The number of hydrogen-bond acceptors (Lipinski definition) is 8. The lowest BCUT2D eigenvalue weighted by Gasteiger charge is -2.26. The molecule has 1 aromatic heterocycles. The summed E-state index contributed by atoms with van der Waals surface area (Å²) in [6.45, 7) is 1.07. The number of nitrogens with one attached hydrogen (secondary N) is 3. The number of carbonyl (C=O) groups excluding carboxylic acids is 3. The van der Waals surface area contributed by atoms with Gasteiger partial charge in [0.15, 0.2) is 5.79 Å². The third kappa shape index (κ3) is 6.80. The van der Waals surface area contributed by atoms with E-state index in [1.54, 1.807) is 0 Å². The van der Waals surface area contributed by atoms with Crippen LogP contribution in [0.5, 0.6) is 5.75 Å². The van der Waals surface area contributed by atoms with E-state index in [-0.39, 0.29) is 55.5 Å². The van der Waals surface area contributed by atoms with Gasteiger partial charge in [0.05, 0.1) is 39.0 Å². The second-order valence-corrected chi connectivity index (χ2v) is 11.3. The Kier molecular flexibility index (Phi) is 8.67. The van der Waals surface area contributed by atoms with Gasteiger partial charge in [-0.3, -0.25) is 19.8 Å². The fourth-order valence-corrected chi connectivity index (χ4v) is 6.15. The molecule has 1 aromatic carbocycles. The smallest absolute Gasteiger partial charge is 0.243 e. The quantitative estimate of drug-likeness (QED) is 0.173. The molecule has 3 amide bonds. The molecule has 5 rings (SSSR count). The minimum absolute atomic E-state index is 0.0146. The van der Waals surface area contributed by atoms with E-state index >= 15 is 0 Å². The molecule has 2 atom stereocenters. The van der Waals surface area contributed by atoms with E-state index in [0.717, 1.165) is 23.5 Å². The zero-order chi connectivity index (χ0) is 28.1. The summed E-state index contributed by atoms with van der Waals surface area (Å²) < 4.78 is 17.3. The van der Waals surface area contributed by atoms with Gasteiger partial charge in [-0.15, -0.1) is 11.3 Å². The van der Waals surface area contributed by atoms with Crippen molar-refractivity contribution in [1.29, 1.82) is 5.41 Å². The monoisotopic (exact) mass is 569 g/mol. The fraction of sp³-hybridized carbons (Fsp3) is 0.500. The summed E-state index contributed by atoms with van der Waals surface area (Å²) >= 11 is 1.46. The standard InChI is InChI=1S/C28H35N5O6S/c29-26(30)19-13-22(40-16-19)25(18-8-9-18)32-27(36)21-14-28(38-11-12-39-28)17-33(21)24(35)15-31-23(34)7-4-10-37-20-5-2-1-3-6-20/h1-3,5-6,13,16,18,21,25H,4,7-12,14-15,17H2,(H3,29,30)(H,31,34)(H,32,36)/t21?,25-/m0/s1. The third-order valence-corrected chi connectivity index (χ3v) is 8.37. The van der Waals surface area contributed by atoms with Crippen LogP contribution in [0.15, 0.2) is 41.8 Å². The summed E-state index contributed by atoms with van der Waals surface area (Å²) in [5.74, 6) is -0.919. The largest absolute Gasteiger partial charge is 0.494 e. The van der Waals surface area contributed by atoms with Crippen LogP contribution >= 0.6 is 11.3 Å². The van der Waals surface area contributed by atoms with Crippen LogP contribution in [-0.4, -0.2) is 73.2 Å². The molecule has 0 bridgehead atoms. The van der Waals surface area contributed by atoms with Crippen LogP contribution in [0.2, 0.25) is 0 Å². The van der Waals surface area contributed by atoms with Crippen molar-refractivity contribution in [1.82, 2.24) is 15.5 Å². The van der Waals surface area contributed by atoms with Crippen LogP contribution < -0.4 is 21.1 Å². The Hall–Kier alpha value is -3.48. The molecular weight excluding hydrogens is 534 g/mol. The number of nitrogens with zero attached hydrogens (tertiary/aromatic N) is 1. The summed E-state index contributed by atoms with van der Waals surface area (Å²) in [6.07, 6.45) is 2.92. The molecule has 1 spiro atoms. The molecule has 5 N–H and O–H groups in total. The van der Waals surface area contributed by atoms with Crippen molar-refractivity contribution in [3.8, 4) is 5.75 Å². The van der Waals surface area contributed by atoms with Gasteiger partial charge in [-0.2, -0.15) is 0 Å². The number of amidine groups is 1. The molecule has 1 saturated carbocycles. The minimum Gasteiger partial charge on any atom is -0.494 e. The van der Waals surface area contributed by atoms with Crippen molar-refractivity contribution in [2.75, 3.05) is 32.9 Å². The minimum atomic E-state index is -1.02. The summed E-state index contributed by atoms with van der Waals surface area (Å²) in [5, 5.41) is 15.3. The first-order chi connectivity index (χ1) is 19.3. The molecule has 1 unspecified atom stereocenters. The molecule has 3 heterocycles. The number of nitrogen functional groups attached to an aromatic ring is 1. The van der Waals surface area contributed by atoms with Gasteiger partial charge in [0, 0.05) is 28.7 Å². The lowest BCUT2D eigenvalue weighted by molar-refractivity contribution is -0.152. The highest BCUT2D eigenvalue weighted by Gasteiger charge is 2.53. The Morgan fingerprint density at radius 3 is 2.62 bits per heavy atom. The number of thiophene rings is 1. The third-order valence-electron chi connectivity index (χ3n) is 7.35. The highest BCUT2D eigenvalue weighted by Crippen LogP contribution is 2.43. The Morgan fingerprint density at radius 2 is 1.95 bits per heavy atom. The number of carbonyl (C=O) groups is 3. The summed E-state index contributed by atoms with van der Waals surface area (Å²) in [7, 11) is 0.